The largest absolute Gasteiger partial charge is 0.446 e. The summed E-state index contributed by atoms with van der Waals surface area (Å²) < 4.78 is 33.3. The van der Waals surface area contributed by atoms with Gasteiger partial charge in [-0.15, -0.1) is 0 Å². The van der Waals surface area contributed by atoms with Crippen LogP contribution in [0.3, 0.4) is 0 Å². The van der Waals surface area contributed by atoms with E-state index in [9.17, 15) is 27.6 Å². The molecule has 2 heterocycles. The van der Waals surface area contributed by atoms with E-state index in [0.29, 0.717) is 32.1 Å². The number of alkyl carbamates (subject to hydrolysis) is 1. The average molecular weight is 746 g/mol. The molecule has 2 aliphatic heterocycles. The number of amides is 4. The zero-order valence-electron chi connectivity index (χ0n) is 29.7. The number of benzene rings is 2. The van der Waals surface area contributed by atoms with Gasteiger partial charge in [-0.05, 0) is 80.5 Å². The standard InChI is InChI=1S/C39H47N5O8S/c45-35-34-22-31(52-40-24-26-11-9-14-28(21-26)27-12-5-4-6-13-27)25-44(34)36(46)33(41-38(48)51-30-16-10-17-30)18-8-3-1-2-7-15-29-23-39(29,42-35)37(47)43-53(49,50)32-19-20-32/h4-7,9,11-15,21,24,29-34H,1-3,8,10,16-20,22-23,25H2,(H,41,48)(H,42,45)(H,43,47)/b15-7-,40-24+/t29-,31-,33+,34+,39+/m1/s1. The van der Waals surface area contributed by atoms with Crippen LogP contribution in [0.15, 0.2) is 71.9 Å². The molecule has 14 heteroatoms. The molecule has 3 saturated carbocycles. The Morgan fingerprint density at radius 1 is 0.925 bits per heavy atom. The van der Waals surface area contributed by atoms with E-state index < -0.39 is 68.7 Å². The number of carbonyl (C=O) groups is 4. The fraction of sp³-hybridized carbons (Fsp3) is 0.513. The van der Waals surface area contributed by atoms with E-state index in [4.69, 9.17) is 9.57 Å². The normalized spacial score (nSPS) is 28.6. The number of oxime groups is 1. The minimum absolute atomic E-state index is 0.00670. The Hall–Kier alpha value is -4.72. The van der Waals surface area contributed by atoms with Gasteiger partial charge in [0, 0.05) is 12.3 Å². The molecule has 13 nitrogen and oxygen atoms in total. The first-order valence-corrected chi connectivity index (χ1v) is 20.3. The molecule has 7 rings (SSSR count). The lowest BCUT2D eigenvalue weighted by atomic mass is 9.96. The fourth-order valence-electron chi connectivity index (χ4n) is 7.26. The Balaban J connectivity index is 1.11. The highest BCUT2D eigenvalue weighted by molar-refractivity contribution is 7.91. The van der Waals surface area contributed by atoms with Crippen LogP contribution in [0.2, 0.25) is 0 Å². The summed E-state index contributed by atoms with van der Waals surface area (Å²) in [6, 6.07) is 15.7. The van der Waals surface area contributed by atoms with Crippen molar-refractivity contribution in [3.63, 3.8) is 0 Å². The number of rotatable bonds is 9. The SMILES string of the molecule is O=C(N[C@H]1CCCCC/C=C\[C@@H]2C[C@]2(C(=O)NS(=O)(=O)C2CC2)NC(=O)[C@@H]2C[C@@H](O/N=C/c3cccc(-c4ccccc4)c3)CN2C1=O)OC1CCC1. The molecule has 4 fully saturated rings. The molecule has 0 radical (unpaired) electrons. The molecule has 3 aliphatic carbocycles. The van der Waals surface area contributed by atoms with Crippen LogP contribution in [0.4, 0.5) is 4.79 Å². The topological polar surface area (TPSA) is 173 Å². The quantitative estimate of drug-likeness (QED) is 0.193. The van der Waals surface area contributed by atoms with Crippen molar-refractivity contribution in [1.29, 1.82) is 0 Å². The molecular formula is C39H47N5O8S. The maximum Gasteiger partial charge on any atom is 0.408 e. The van der Waals surface area contributed by atoms with Crippen molar-refractivity contribution in [3.8, 4) is 11.1 Å². The number of hydrogen-bond donors (Lipinski definition) is 3. The van der Waals surface area contributed by atoms with Crippen LogP contribution in [-0.4, -0.2) is 85.0 Å². The predicted octanol–water partition coefficient (Wildman–Crippen LogP) is 4.32. The van der Waals surface area contributed by atoms with E-state index in [2.05, 4.69) is 20.5 Å². The fourth-order valence-corrected chi connectivity index (χ4v) is 8.63. The first-order chi connectivity index (χ1) is 25.6. The predicted molar refractivity (Wildman–Crippen MR) is 197 cm³/mol. The zero-order chi connectivity index (χ0) is 37.0. The molecule has 5 aliphatic rings. The van der Waals surface area contributed by atoms with Crippen molar-refractivity contribution in [2.45, 2.75) is 112 Å². The smallest absolute Gasteiger partial charge is 0.408 e. The van der Waals surface area contributed by atoms with Crippen molar-refractivity contribution >= 4 is 40.1 Å². The highest BCUT2D eigenvalue weighted by Gasteiger charge is 2.62. The molecule has 5 atom stereocenters. The molecular weight excluding hydrogens is 699 g/mol. The van der Waals surface area contributed by atoms with Gasteiger partial charge < -0.3 is 25.1 Å². The van der Waals surface area contributed by atoms with E-state index in [1.54, 1.807) is 6.21 Å². The number of hydrogen-bond acceptors (Lipinski definition) is 9. The molecule has 3 N–H and O–H groups in total. The number of nitrogens with zero attached hydrogens (tertiary/aromatic N) is 2. The maximum atomic E-state index is 14.3. The first-order valence-electron chi connectivity index (χ1n) is 18.8. The molecule has 0 unspecified atom stereocenters. The Morgan fingerprint density at radius 2 is 1.72 bits per heavy atom. The maximum absolute atomic E-state index is 14.3. The summed E-state index contributed by atoms with van der Waals surface area (Å²) in [5.41, 5.74) is 1.38. The van der Waals surface area contributed by atoms with Crippen LogP contribution in [0.1, 0.15) is 82.6 Å². The Labute approximate surface area is 310 Å². The lowest BCUT2D eigenvalue weighted by molar-refractivity contribution is -0.141. The van der Waals surface area contributed by atoms with Crippen LogP contribution in [-0.2, 0) is 34.0 Å². The van der Waals surface area contributed by atoms with E-state index in [1.165, 1.54) is 4.90 Å². The van der Waals surface area contributed by atoms with E-state index in [0.717, 1.165) is 48.8 Å². The second-order valence-corrected chi connectivity index (χ2v) is 16.8. The van der Waals surface area contributed by atoms with Gasteiger partial charge in [0.2, 0.25) is 21.8 Å². The monoisotopic (exact) mass is 745 g/mol. The molecule has 0 spiro atoms. The molecule has 2 aromatic carbocycles. The molecule has 0 aromatic heterocycles. The summed E-state index contributed by atoms with van der Waals surface area (Å²) in [7, 11) is -3.87. The van der Waals surface area contributed by atoms with Gasteiger partial charge in [-0.3, -0.25) is 19.1 Å². The molecule has 1 saturated heterocycles. The van der Waals surface area contributed by atoms with Gasteiger partial charge in [-0.2, -0.15) is 0 Å². The van der Waals surface area contributed by atoms with Gasteiger partial charge in [0.05, 0.1) is 18.0 Å². The van der Waals surface area contributed by atoms with Crippen molar-refractivity contribution < 1.29 is 37.2 Å². The van der Waals surface area contributed by atoms with Crippen LogP contribution in [0, 0.1) is 5.92 Å². The molecule has 282 valence electrons. The summed E-state index contributed by atoms with van der Waals surface area (Å²) in [4.78, 5) is 62.3. The van der Waals surface area contributed by atoms with Gasteiger partial charge in [-0.1, -0.05) is 78.7 Å². The van der Waals surface area contributed by atoms with Gasteiger partial charge >= 0.3 is 6.09 Å². The third-order valence-corrected chi connectivity index (χ3v) is 12.7. The lowest BCUT2D eigenvalue weighted by Gasteiger charge is -2.30. The number of fused-ring (bicyclic) bond motifs is 2. The number of allylic oxidation sites excluding steroid dienone is 1. The molecule has 2 aromatic rings. The minimum Gasteiger partial charge on any atom is -0.446 e. The van der Waals surface area contributed by atoms with Crippen molar-refractivity contribution in [1.82, 2.24) is 20.3 Å². The Kier molecular flexibility index (Phi) is 10.9. The summed E-state index contributed by atoms with van der Waals surface area (Å²) in [5.74, 6) is -2.25. The van der Waals surface area contributed by atoms with Crippen molar-refractivity contribution in [2.24, 2.45) is 11.1 Å². The van der Waals surface area contributed by atoms with Crippen LogP contribution >= 0.6 is 0 Å². The van der Waals surface area contributed by atoms with Crippen LogP contribution in [0.25, 0.3) is 11.1 Å². The highest BCUT2D eigenvalue weighted by atomic mass is 32.2. The number of carbonyl (C=O) groups excluding carboxylic acids is 4. The van der Waals surface area contributed by atoms with E-state index in [1.807, 2.05) is 66.7 Å². The van der Waals surface area contributed by atoms with Gasteiger partial charge in [0.15, 0.2) is 0 Å². The Bertz CT molecular complexity index is 1860. The van der Waals surface area contributed by atoms with Gasteiger partial charge in [0.1, 0.15) is 29.8 Å². The number of ether oxygens (including phenoxy) is 1. The second-order valence-electron chi connectivity index (χ2n) is 14.9. The van der Waals surface area contributed by atoms with Crippen LogP contribution < -0.4 is 15.4 Å². The summed E-state index contributed by atoms with van der Waals surface area (Å²) in [6.45, 7) is 0.00670. The van der Waals surface area contributed by atoms with Crippen LogP contribution in [0.5, 0.6) is 0 Å². The van der Waals surface area contributed by atoms with E-state index >= 15 is 0 Å². The Morgan fingerprint density at radius 3 is 2.47 bits per heavy atom. The zero-order valence-corrected chi connectivity index (χ0v) is 30.5. The van der Waals surface area contributed by atoms with Crippen molar-refractivity contribution in [2.75, 3.05) is 6.54 Å². The number of sulfonamides is 1. The minimum atomic E-state index is -3.87. The number of nitrogens with one attached hydrogen (secondary N) is 3. The summed E-state index contributed by atoms with van der Waals surface area (Å²) in [6.07, 6.45) is 11.0. The summed E-state index contributed by atoms with van der Waals surface area (Å²) >= 11 is 0. The van der Waals surface area contributed by atoms with E-state index in [-0.39, 0.29) is 25.5 Å². The van der Waals surface area contributed by atoms with Gasteiger partial charge in [0.25, 0.3) is 5.91 Å². The lowest BCUT2D eigenvalue weighted by Crippen LogP contribution is -2.58. The highest BCUT2D eigenvalue weighted by Crippen LogP contribution is 2.46. The average Bonchev–Trinajstić information content (AvgIpc) is 4.06. The summed E-state index contributed by atoms with van der Waals surface area (Å²) in [5, 5.41) is 9.26. The molecule has 53 heavy (non-hydrogen) atoms. The third kappa shape index (κ3) is 8.75. The first kappa shape index (κ1) is 36.6. The van der Waals surface area contributed by atoms with Crippen molar-refractivity contribution in [3.05, 3.63) is 72.3 Å². The molecule has 4 amide bonds. The molecule has 0 bridgehead atoms. The van der Waals surface area contributed by atoms with Gasteiger partial charge in [-0.25, -0.2) is 13.2 Å². The third-order valence-electron chi connectivity index (χ3n) is 10.9. The second kappa shape index (κ2) is 15.7.